The molecule has 0 aliphatic heterocycles. The number of carbonyl (C=O) groups is 1. The van der Waals surface area contributed by atoms with Crippen molar-refractivity contribution in [3.63, 3.8) is 0 Å². The molecular weight excluding hydrogens is 216 g/mol. The summed E-state index contributed by atoms with van der Waals surface area (Å²) >= 11 is 0. The topological polar surface area (TPSA) is 46.5 Å². The van der Waals surface area contributed by atoms with Crippen molar-refractivity contribution in [2.24, 2.45) is 11.8 Å². The van der Waals surface area contributed by atoms with Gasteiger partial charge in [-0.15, -0.1) is 0 Å². The molecular formula is C14H26O3. The Hall–Kier alpha value is -0.570. The van der Waals surface area contributed by atoms with Crippen LogP contribution in [0.1, 0.15) is 59.3 Å². The van der Waals surface area contributed by atoms with E-state index in [1.807, 2.05) is 6.92 Å². The Bertz CT molecular complexity index is 252. The van der Waals surface area contributed by atoms with E-state index in [-0.39, 0.29) is 5.92 Å². The molecule has 3 atom stereocenters. The molecule has 3 heteroatoms. The summed E-state index contributed by atoms with van der Waals surface area (Å²) in [6.07, 6.45) is 5.52. The van der Waals surface area contributed by atoms with Crippen LogP contribution in [-0.2, 0) is 9.53 Å². The van der Waals surface area contributed by atoms with Crippen molar-refractivity contribution in [3.8, 4) is 0 Å². The van der Waals surface area contributed by atoms with Gasteiger partial charge in [0.2, 0.25) is 0 Å². The smallest absolute Gasteiger partial charge is 0.338 e. The summed E-state index contributed by atoms with van der Waals surface area (Å²) in [5.41, 5.74) is -1.25. The minimum Gasteiger partial charge on any atom is -0.464 e. The summed E-state index contributed by atoms with van der Waals surface area (Å²) in [6, 6.07) is 0. The standard InChI is InChI=1S/C14H26O3/c1-4-9-14(16,13(15)17-5-2)12-8-6-7-11(3)10-12/h11-12,16H,4-10H2,1-3H3. The Morgan fingerprint density at radius 3 is 2.65 bits per heavy atom. The largest absolute Gasteiger partial charge is 0.464 e. The molecule has 3 nitrogen and oxygen atoms in total. The van der Waals surface area contributed by atoms with E-state index < -0.39 is 11.6 Å². The van der Waals surface area contributed by atoms with Crippen LogP contribution in [0.5, 0.6) is 0 Å². The van der Waals surface area contributed by atoms with E-state index in [1.54, 1.807) is 6.92 Å². The second kappa shape index (κ2) is 6.39. The molecule has 0 amide bonds. The highest BCUT2D eigenvalue weighted by Crippen LogP contribution is 2.38. The van der Waals surface area contributed by atoms with Crippen LogP contribution in [0.3, 0.4) is 0 Å². The van der Waals surface area contributed by atoms with Crippen molar-refractivity contribution < 1.29 is 14.6 Å². The fraction of sp³-hybridized carbons (Fsp3) is 0.929. The number of esters is 1. The predicted molar refractivity (Wildman–Crippen MR) is 67.6 cm³/mol. The fourth-order valence-electron chi connectivity index (χ4n) is 2.98. The molecule has 3 unspecified atom stereocenters. The van der Waals surface area contributed by atoms with E-state index in [1.165, 1.54) is 6.42 Å². The molecule has 1 fully saturated rings. The van der Waals surface area contributed by atoms with Gasteiger partial charge in [-0.1, -0.05) is 33.1 Å². The molecule has 1 rings (SSSR count). The van der Waals surface area contributed by atoms with Crippen LogP contribution in [0.4, 0.5) is 0 Å². The lowest BCUT2D eigenvalue weighted by Gasteiger charge is -2.38. The van der Waals surface area contributed by atoms with Crippen LogP contribution in [-0.4, -0.2) is 23.3 Å². The van der Waals surface area contributed by atoms with Gasteiger partial charge in [0, 0.05) is 0 Å². The lowest BCUT2D eigenvalue weighted by Crippen LogP contribution is -2.48. The molecule has 1 aliphatic carbocycles. The first-order chi connectivity index (χ1) is 8.04. The third-order valence-electron chi connectivity index (χ3n) is 3.87. The van der Waals surface area contributed by atoms with E-state index in [4.69, 9.17) is 4.74 Å². The van der Waals surface area contributed by atoms with Crippen molar-refractivity contribution in [2.45, 2.75) is 64.9 Å². The molecule has 1 N–H and O–H groups in total. The fourth-order valence-corrected chi connectivity index (χ4v) is 2.98. The highest BCUT2D eigenvalue weighted by molar-refractivity contribution is 5.79. The predicted octanol–water partition coefficient (Wildman–Crippen LogP) is 2.91. The van der Waals surface area contributed by atoms with Crippen LogP contribution >= 0.6 is 0 Å². The molecule has 0 aromatic carbocycles. The Balaban J connectivity index is 2.77. The van der Waals surface area contributed by atoms with E-state index in [0.29, 0.717) is 18.9 Å². The maximum absolute atomic E-state index is 12.0. The zero-order valence-electron chi connectivity index (χ0n) is 11.4. The number of aliphatic hydroxyl groups is 1. The molecule has 1 aliphatic rings. The number of hydrogen-bond acceptors (Lipinski definition) is 3. The molecule has 0 saturated heterocycles. The molecule has 0 aromatic heterocycles. The molecule has 17 heavy (non-hydrogen) atoms. The number of ether oxygens (including phenoxy) is 1. The Morgan fingerprint density at radius 2 is 2.12 bits per heavy atom. The van der Waals surface area contributed by atoms with Crippen LogP contribution in [0.25, 0.3) is 0 Å². The van der Waals surface area contributed by atoms with Gasteiger partial charge in [-0.25, -0.2) is 4.79 Å². The van der Waals surface area contributed by atoms with Crippen molar-refractivity contribution >= 4 is 5.97 Å². The third kappa shape index (κ3) is 3.44. The normalized spacial score (nSPS) is 28.5. The lowest BCUT2D eigenvalue weighted by atomic mass is 9.71. The van der Waals surface area contributed by atoms with Gasteiger partial charge >= 0.3 is 5.97 Å². The van der Waals surface area contributed by atoms with Crippen LogP contribution in [0.2, 0.25) is 0 Å². The average molecular weight is 242 g/mol. The van der Waals surface area contributed by atoms with Gasteiger partial charge in [-0.2, -0.15) is 0 Å². The number of rotatable bonds is 5. The second-order valence-corrected chi connectivity index (χ2v) is 5.36. The SMILES string of the molecule is CCCC(O)(C(=O)OCC)C1CCCC(C)C1. The maximum atomic E-state index is 12.0. The van der Waals surface area contributed by atoms with Gasteiger partial charge in [0.15, 0.2) is 5.60 Å². The lowest BCUT2D eigenvalue weighted by molar-refractivity contribution is -0.175. The Labute approximate surface area is 105 Å². The van der Waals surface area contributed by atoms with E-state index in [0.717, 1.165) is 25.7 Å². The average Bonchev–Trinajstić information content (AvgIpc) is 2.29. The van der Waals surface area contributed by atoms with Crippen molar-refractivity contribution in [1.82, 2.24) is 0 Å². The van der Waals surface area contributed by atoms with E-state index >= 15 is 0 Å². The van der Waals surface area contributed by atoms with Crippen molar-refractivity contribution in [2.75, 3.05) is 6.61 Å². The van der Waals surface area contributed by atoms with E-state index in [9.17, 15) is 9.90 Å². The first-order valence-electron chi connectivity index (χ1n) is 6.94. The molecule has 0 radical (unpaired) electrons. The van der Waals surface area contributed by atoms with Crippen LogP contribution in [0.15, 0.2) is 0 Å². The van der Waals surface area contributed by atoms with Gasteiger partial charge in [0.25, 0.3) is 0 Å². The second-order valence-electron chi connectivity index (χ2n) is 5.36. The third-order valence-corrected chi connectivity index (χ3v) is 3.87. The molecule has 0 spiro atoms. The molecule has 100 valence electrons. The first-order valence-corrected chi connectivity index (χ1v) is 6.94. The highest BCUT2D eigenvalue weighted by atomic mass is 16.5. The maximum Gasteiger partial charge on any atom is 0.338 e. The highest BCUT2D eigenvalue weighted by Gasteiger charge is 2.45. The minimum atomic E-state index is -1.25. The van der Waals surface area contributed by atoms with Gasteiger partial charge in [-0.3, -0.25) is 0 Å². The van der Waals surface area contributed by atoms with Crippen molar-refractivity contribution in [1.29, 1.82) is 0 Å². The first kappa shape index (κ1) is 14.5. The molecule has 0 aromatic rings. The Kier molecular flexibility index (Phi) is 5.44. The van der Waals surface area contributed by atoms with Gasteiger partial charge in [-0.05, 0) is 38.0 Å². The summed E-state index contributed by atoms with van der Waals surface area (Å²) in [4.78, 5) is 12.0. The van der Waals surface area contributed by atoms with Gasteiger partial charge < -0.3 is 9.84 Å². The van der Waals surface area contributed by atoms with Crippen LogP contribution < -0.4 is 0 Å². The molecule has 0 heterocycles. The zero-order chi connectivity index (χ0) is 12.9. The van der Waals surface area contributed by atoms with Crippen molar-refractivity contribution in [3.05, 3.63) is 0 Å². The molecule has 1 saturated carbocycles. The number of carbonyl (C=O) groups excluding carboxylic acids is 1. The summed E-state index contributed by atoms with van der Waals surface area (Å²) in [5, 5.41) is 10.7. The monoisotopic (exact) mass is 242 g/mol. The van der Waals surface area contributed by atoms with Gasteiger partial charge in [0.1, 0.15) is 0 Å². The summed E-state index contributed by atoms with van der Waals surface area (Å²) in [6.45, 7) is 6.32. The summed E-state index contributed by atoms with van der Waals surface area (Å²) in [7, 11) is 0. The summed E-state index contributed by atoms with van der Waals surface area (Å²) in [5.74, 6) is 0.262. The minimum absolute atomic E-state index is 0.0743. The summed E-state index contributed by atoms with van der Waals surface area (Å²) < 4.78 is 5.06. The van der Waals surface area contributed by atoms with Gasteiger partial charge in [0.05, 0.1) is 6.61 Å². The zero-order valence-corrected chi connectivity index (χ0v) is 11.4. The Morgan fingerprint density at radius 1 is 1.41 bits per heavy atom. The van der Waals surface area contributed by atoms with E-state index in [2.05, 4.69) is 6.92 Å². The van der Waals surface area contributed by atoms with Crippen LogP contribution in [0, 0.1) is 11.8 Å². The number of hydrogen-bond donors (Lipinski definition) is 1. The quantitative estimate of drug-likeness (QED) is 0.754. The molecule has 0 bridgehead atoms.